The van der Waals surface area contributed by atoms with Crippen molar-refractivity contribution in [2.45, 2.75) is 148 Å². The van der Waals surface area contributed by atoms with Crippen molar-refractivity contribution in [2.75, 3.05) is 37.8 Å². The summed E-state index contributed by atoms with van der Waals surface area (Å²) in [7, 11) is -17.6. The molecule has 0 aliphatic carbocycles. The van der Waals surface area contributed by atoms with Crippen LogP contribution >= 0.6 is 35.2 Å². The SMILES string of the molecule is CCCCCCCC/C=C\CCCCCCC/C=C/C(=O)SCCNC(=O)CCNC(=O)[C@H](O)C(C)(C)COP(=O)([O-])OP(=O)([O-])OC[C@H]1O[C@@H](n2cnc3c(N)ncnc32)[C@H](O)[C@@H]1OP(=O)([O-])[O-]. The number of allylic oxidation sites excluding steroid dienone is 3. The van der Waals surface area contributed by atoms with Gasteiger partial charge in [-0.15, -0.1) is 0 Å². The second kappa shape index (κ2) is 30.2. The van der Waals surface area contributed by atoms with Crippen molar-refractivity contribution < 1.29 is 80.5 Å². The Morgan fingerprint density at radius 3 is 2.14 bits per heavy atom. The molecule has 0 bridgehead atoms. The number of imidazole rings is 1. The summed E-state index contributed by atoms with van der Waals surface area (Å²) in [5, 5.41) is 26.3. The summed E-state index contributed by atoms with van der Waals surface area (Å²) < 4.78 is 60.8. The molecule has 1 aliphatic heterocycles. The van der Waals surface area contributed by atoms with Crippen molar-refractivity contribution >= 4 is 69.1 Å². The maximum atomic E-state index is 12.6. The molecule has 3 heterocycles. The molecule has 7 atom stereocenters. The number of aliphatic hydroxyl groups excluding tert-OH is 2. The number of aliphatic hydroxyl groups is 2. The van der Waals surface area contributed by atoms with Crippen LogP contribution in [0.2, 0.25) is 0 Å². The van der Waals surface area contributed by atoms with Gasteiger partial charge in [0.15, 0.2) is 17.7 Å². The van der Waals surface area contributed by atoms with Crippen molar-refractivity contribution in [1.29, 1.82) is 0 Å². The number of unbranched alkanes of at least 4 members (excludes halogenated alkanes) is 12. The molecule has 0 aromatic carbocycles. The number of carbonyl (C=O) groups is 3. The number of phosphoric ester groups is 3. The lowest BCUT2D eigenvalue weighted by Crippen LogP contribution is -2.46. The Bertz CT molecular complexity index is 2130. The van der Waals surface area contributed by atoms with Gasteiger partial charge in [0.05, 0.1) is 27.4 Å². The molecular weight excluding hydrogens is 987 g/mol. The lowest BCUT2D eigenvalue weighted by atomic mass is 9.87. The normalized spacial score (nSPS) is 20.1. The summed E-state index contributed by atoms with van der Waals surface area (Å²) in [4.78, 5) is 96.8. The molecule has 69 heavy (non-hydrogen) atoms. The summed E-state index contributed by atoms with van der Waals surface area (Å²) in [5.41, 5.74) is 4.08. The fourth-order valence-corrected chi connectivity index (χ4v) is 10.2. The molecule has 2 aromatic rings. The van der Waals surface area contributed by atoms with Gasteiger partial charge in [-0.2, -0.15) is 0 Å². The number of thioether (sulfide) groups is 1. The van der Waals surface area contributed by atoms with Crippen molar-refractivity contribution in [2.24, 2.45) is 5.41 Å². The number of carbonyl (C=O) groups excluding carboxylic acids is 3. The molecule has 2 unspecified atom stereocenters. The average Bonchev–Trinajstić information content (AvgIpc) is 3.84. The zero-order valence-corrected chi connectivity index (χ0v) is 42.6. The Labute approximate surface area is 406 Å². The number of hydrogen-bond donors (Lipinski definition) is 5. The van der Waals surface area contributed by atoms with Crippen molar-refractivity contribution in [1.82, 2.24) is 30.2 Å². The van der Waals surface area contributed by atoms with E-state index in [1.807, 2.05) is 6.08 Å². The molecular formula is C41H66N7O17P3S-4. The third-order valence-electron chi connectivity index (χ3n) is 10.6. The number of anilines is 1. The van der Waals surface area contributed by atoms with Gasteiger partial charge in [0, 0.05) is 30.7 Å². The third kappa shape index (κ3) is 23.0. The van der Waals surface area contributed by atoms with Crippen LogP contribution in [0.5, 0.6) is 0 Å². The molecule has 24 nitrogen and oxygen atoms in total. The van der Waals surface area contributed by atoms with Gasteiger partial charge in [0.2, 0.25) is 16.9 Å². The number of ether oxygens (including phenoxy) is 1. The lowest BCUT2D eigenvalue weighted by Gasteiger charge is -2.36. The van der Waals surface area contributed by atoms with E-state index in [1.165, 1.54) is 84.1 Å². The summed E-state index contributed by atoms with van der Waals surface area (Å²) >= 11 is 1.05. The zero-order valence-electron chi connectivity index (χ0n) is 39.1. The number of fused-ring (bicyclic) bond motifs is 1. The third-order valence-corrected chi connectivity index (χ3v) is 14.4. The molecule has 6 N–H and O–H groups in total. The van der Waals surface area contributed by atoms with E-state index in [-0.39, 0.29) is 41.6 Å². The van der Waals surface area contributed by atoms with Crippen LogP contribution in [0.25, 0.3) is 11.2 Å². The first-order valence-electron chi connectivity index (χ1n) is 22.9. The van der Waals surface area contributed by atoms with Gasteiger partial charge < -0.3 is 69.0 Å². The van der Waals surface area contributed by atoms with Crippen LogP contribution in [0, 0.1) is 5.41 Å². The molecule has 1 fully saturated rings. The fraction of sp³-hybridized carbons (Fsp3) is 0.707. The molecule has 0 radical (unpaired) electrons. The molecule has 2 aromatic heterocycles. The average molecular weight is 1050 g/mol. The summed E-state index contributed by atoms with van der Waals surface area (Å²) in [6.45, 7) is 2.34. The number of hydrogen-bond acceptors (Lipinski definition) is 22. The monoisotopic (exact) mass is 1050 g/mol. The predicted octanol–water partition coefficient (Wildman–Crippen LogP) is 2.73. The highest BCUT2D eigenvalue weighted by molar-refractivity contribution is 8.14. The van der Waals surface area contributed by atoms with E-state index >= 15 is 0 Å². The fourth-order valence-electron chi connectivity index (χ4n) is 6.82. The summed E-state index contributed by atoms with van der Waals surface area (Å²) in [6, 6.07) is 0. The van der Waals surface area contributed by atoms with E-state index in [1.54, 1.807) is 0 Å². The molecule has 0 spiro atoms. The zero-order chi connectivity index (χ0) is 51.1. The second-order valence-corrected chi connectivity index (χ2v) is 22.1. The topological polar surface area (TPSA) is 375 Å². The number of amides is 2. The number of nitrogens with zero attached hydrogens (tertiary/aromatic N) is 4. The van der Waals surface area contributed by atoms with Crippen LogP contribution in [0.3, 0.4) is 0 Å². The number of rotatable bonds is 35. The van der Waals surface area contributed by atoms with E-state index in [4.69, 9.17) is 10.5 Å². The van der Waals surface area contributed by atoms with E-state index in [2.05, 4.69) is 62.5 Å². The smallest absolute Gasteiger partial charge is 0.274 e. The van der Waals surface area contributed by atoms with E-state index in [0.29, 0.717) is 5.75 Å². The number of phosphoric acid groups is 3. The molecule has 3 rings (SSSR count). The molecule has 392 valence electrons. The highest BCUT2D eigenvalue weighted by Gasteiger charge is 2.47. The molecule has 0 saturated carbocycles. The van der Waals surface area contributed by atoms with Crippen LogP contribution in [0.1, 0.15) is 123 Å². The number of aromatic nitrogens is 4. The standard InChI is InChI=1S/C41H70N7O17P3S/c1-4-5-6-7-8-9-10-11-12-13-14-15-16-17-18-19-20-21-32(50)69-25-24-43-31(49)22-23-44-39(53)36(52)41(2,3)27-62-68(59,60)65-67(57,58)61-26-30-35(64-66(54,55)56)34(51)40(63-30)48-29-47-33-37(42)45-28-46-38(33)48/h11-12,20-21,28-30,34-36,40,51-52H,4-10,13-19,22-27H2,1-3H3,(H,43,49)(H,44,53)(H,57,58)(H,59,60)(H2,42,45,46)(H2,54,55,56)/p-4/b12-11-,21-20+/t30-,34-,35-,36+,40-/m1/s1. The van der Waals surface area contributed by atoms with E-state index in [0.717, 1.165) is 54.7 Å². The Morgan fingerprint density at radius 1 is 0.899 bits per heavy atom. The molecule has 1 saturated heterocycles. The van der Waals surface area contributed by atoms with Gasteiger partial charge in [-0.25, -0.2) is 19.3 Å². The van der Waals surface area contributed by atoms with Gasteiger partial charge >= 0.3 is 0 Å². The molecule has 28 heteroatoms. The quantitative estimate of drug-likeness (QED) is 0.0287. The van der Waals surface area contributed by atoms with Crippen molar-refractivity contribution in [3.05, 3.63) is 37.0 Å². The first-order chi connectivity index (χ1) is 32.6. The van der Waals surface area contributed by atoms with Gasteiger partial charge in [0.1, 0.15) is 36.3 Å². The largest absolute Gasteiger partial charge is 0.790 e. The maximum absolute atomic E-state index is 12.6. The Balaban J connectivity index is 1.29. The Kier molecular flexibility index (Phi) is 26.4. The van der Waals surface area contributed by atoms with Crippen molar-refractivity contribution in [3.8, 4) is 0 Å². The van der Waals surface area contributed by atoms with Crippen LogP contribution in [-0.4, -0.2) is 103 Å². The van der Waals surface area contributed by atoms with Gasteiger partial charge in [-0.3, -0.25) is 28.1 Å². The Hall–Kier alpha value is -2.96. The van der Waals surface area contributed by atoms with Crippen LogP contribution in [-0.2, 0) is 50.7 Å². The number of nitrogen functional groups attached to an aromatic ring is 1. The minimum absolute atomic E-state index is 0.0200. The first kappa shape index (κ1) is 60.3. The van der Waals surface area contributed by atoms with Crippen LogP contribution in [0.4, 0.5) is 5.82 Å². The van der Waals surface area contributed by atoms with Crippen LogP contribution < -0.4 is 35.9 Å². The van der Waals surface area contributed by atoms with E-state index < -0.39 is 84.6 Å². The van der Waals surface area contributed by atoms with Crippen LogP contribution in [0.15, 0.2) is 37.0 Å². The summed E-state index contributed by atoms with van der Waals surface area (Å²) in [5.74, 6) is -1.21. The van der Waals surface area contributed by atoms with E-state index in [9.17, 15) is 57.9 Å². The molecule has 2 amide bonds. The minimum atomic E-state index is -5.92. The van der Waals surface area contributed by atoms with Gasteiger partial charge in [0.25, 0.3) is 15.6 Å². The number of nitrogens with two attached hydrogens (primary N) is 1. The maximum Gasteiger partial charge on any atom is 0.274 e. The minimum Gasteiger partial charge on any atom is -0.790 e. The van der Waals surface area contributed by atoms with Gasteiger partial charge in [-0.1, -0.05) is 102 Å². The van der Waals surface area contributed by atoms with Crippen molar-refractivity contribution in [3.63, 3.8) is 0 Å². The van der Waals surface area contributed by atoms with Gasteiger partial charge in [-0.05, 0) is 44.6 Å². The lowest BCUT2D eigenvalue weighted by molar-refractivity contribution is -0.347. The Morgan fingerprint density at radius 2 is 1.51 bits per heavy atom. The first-order valence-corrected chi connectivity index (χ1v) is 28.2. The second-order valence-electron chi connectivity index (χ2n) is 16.9. The highest BCUT2D eigenvalue weighted by Crippen LogP contribution is 2.56. The number of nitrogens with one attached hydrogen (secondary N) is 2. The predicted molar refractivity (Wildman–Crippen MR) is 247 cm³/mol. The molecule has 1 aliphatic rings. The summed E-state index contributed by atoms with van der Waals surface area (Å²) in [6.07, 6.45) is 17.1. The highest BCUT2D eigenvalue weighted by atomic mass is 32.2.